The average Bonchev–Trinajstić information content (AvgIpc) is 3.16. The Morgan fingerprint density at radius 2 is 2.10 bits per heavy atom. The van der Waals surface area contributed by atoms with Crippen LogP contribution in [0, 0.1) is 0 Å². The van der Waals surface area contributed by atoms with Gasteiger partial charge in [-0.3, -0.25) is 10.00 Å². The van der Waals surface area contributed by atoms with Crippen molar-refractivity contribution in [2.75, 3.05) is 26.3 Å². The zero-order valence-electron chi connectivity index (χ0n) is 11.5. The van der Waals surface area contributed by atoms with Gasteiger partial charge in [-0.15, -0.1) is 10.2 Å². The van der Waals surface area contributed by atoms with Crippen LogP contribution in [0.3, 0.4) is 0 Å². The molecule has 108 valence electrons. The van der Waals surface area contributed by atoms with Crippen molar-refractivity contribution in [1.82, 2.24) is 25.3 Å². The van der Waals surface area contributed by atoms with Crippen molar-refractivity contribution in [3.63, 3.8) is 0 Å². The van der Waals surface area contributed by atoms with Gasteiger partial charge in [-0.2, -0.15) is 5.10 Å². The SMILES string of the molecule is c1cc(-c2nnc(CN3CCOCC3)o2)c2cn[nH]c2c1. The molecule has 0 spiro atoms. The van der Waals surface area contributed by atoms with E-state index in [1.54, 1.807) is 6.20 Å². The zero-order chi connectivity index (χ0) is 14.1. The van der Waals surface area contributed by atoms with Crippen LogP contribution < -0.4 is 0 Å². The molecule has 3 aromatic rings. The summed E-state index contributed by atoms with van der Waals surface area (Å²) in [4.78, 5) is 2.25. The van der Waals surface area contributed by atoms with Crippen molar-refractivity contribution in [1.29, 1.82) is 0 Å². The highest BCUT2D eigenvalue weighted by molar-refractivity contribution is 5.91. The lowest BCUT2D eigenvalue weighted by atomic mass is 10.1. The summed E-state index contributed by atoms with van der Waals surface area (Å²) in [5, 5.41) is 16.3. The minimum absolute atomic E-state index is 0.533. The van der Waals surface area contributed by atoms with Crippen molar-refractivity contribution < 1.29 is 9.15 Å². The maximum absolute atomic E-state index is 5.80. The summed E-state index contributed by atoms with van der Waals surface area (Å²) in [6.45, 7) is 3.98. The second-order valence-corrected chi connectivity index (χ2v) is 5.03. The molecule has 1 saturated heterocycles. The van der Waals surface area contributed by atoms with E-state index in [0.717, 1.165) is 42.8 Å². The quantitative estimate of drug-likeness (QED) is 0.784. The first-order valence-electron chi connectivity index (χ1n) is 6.95. The van der Waals surface area contributed by atoms with Crippen molar-refractivity contribution in [2.45, 2.75) is 6.54 Å². The Labute approximate surface area is 120 Å². The fourth-order valence-corrected chi connectivity index (χ4v) is 2.53. The Balaban J connectivity index is 1.60. The van der Waals surface area contributed by atoms with Crippen LogP contribution >= 0.6 is 0 Å². The topological polar surface area (TPSA) is 80.1 Å². The molecule has 2 aromatic heterocycles. The summed E-state index contributed by atoms with van der Waals surface area (Å²) in [7, 11) is 0. The Hall–Kier alpha value is -2.25. The molecule has 0 radical (unpaired) electrons. The normalized spacial score (nSPS) is 16.6. The summed E-state index contributed by atoms with van der Waals surface area (Å²) in [5.74, 6) is 1.16. The Morgan fingerprint density at radius 3 is 3.00 bits per heavy atom. The first-order chi connectivity index (χ1) is 10.4. The minimum Gasteiger partial charge on any atom is -0.419 e. The molecule has 0 aliphatic carbocycles. The van der Waals surface area contributed by atoms with Crippen molar-refractivity contribution >= 4 is 10.9 Å². The van der Waals surface area contributed by atoms with E-state index in [2.05, 4.69) is 25.3 Å². The van der Waals surface area contributed by atoms with Gasteiger partial charge in [0.2, 0.25) is 11.8 Å². The predicted octanol–water partition coefficient (Wildman–Crippen LogP) is 1.45. The number of aromatic nitrogens is 4. The van der Waals surface area contributed by atoms with E-state index in [0.29, 0.717) is 18.3 Å². The van der Waals surface area contributed by atoms with E-state index in [-0.39, 0.29) is 0 Å². The lowest BCUT2D eigenvalue weighted by Gasteiger charge is -2.24. The molecule has 1 N–H and O–H groups in total. The lowest BCUT2D eigenvalue weighted by molar-refractivity contribution is 0.0306. The van der Waals surface area contributed by atoms with E-state index in [1.165, 1.54) is 0 Å². The summed E-state index contributed by atoms with van der Waals surface area (Å²) in [5.41, 5.74) is 1.86. The molecule has 0 amide bonds. The standard InChI is InChI=1S/C14H15N5O2/c1-2-10(11-8-15-16-12(11)3-1)14-18-17-13(21-14)9-19-4-6-20-7-5-19/h1-3,8H,4-7,9H2,(H,15,16). The van der Waals surface area contributed by atoms with E-state index >= 15 is 0 Å². The number of fused-ring (bicyclic) bond motifs is 1. The van der Waals surface area contributed by atoms with Gasteiger partial charge in [0.05, 0.1) is 31.5 Å². The van der Waals surface area contributed by atoms with Crippen molar-refractivity contribution in [2.24, 2.45) is 0 Å². The molecule has 0 saturated carbocycles. The van der Waals surface area contributed by atoms with Gasteiger partial charge in [-0.05, 0) is 12.1 Å². The smallest absolute Gasteiger partial charge is 0.248 e. The van der Waals surface area contributed by atoms with E-state index < -0.39 is 0 Å². The maximum Gasteiger partial charge on any atom is 0.248 e. The van der Waals surface area contributed by atoms with Gasteiger partial charge in [0.25, 0.3) is 0 Å². The molecule has 7 heteroatoms. The number of nitrogens with zero attached hydrogens (tertiary/aromatic N) is 4. The first-order valence-corrected chi connectivity index (χ1v) is 6.95. The van der Waals surface area contributed by atoms with Gasteiger partial charge < -0.3 is 9.15 Å². The fraction of sp³-hybridized carbons (Fsp3) is 0.357. The molecule has 21 heavy (non-hydrogen) atoms. The molecule has 7 nitrogen and oxygen atoms in total. The summed E-state index contributed by atoms with van der Waals surface area (Å²) >= 11 is 0. The molecule has 1 aromatic carbocycles. The monoisotopic (exact) mass is 285 g/mol. The number of hydrogen-bond acceptors (Lipinski definition) is 6. The van der Waals surface area contributed by atoms with Gasteiger partial charge in [0.1, 0.15) is 0 Å². The second-order valence-electron chi connectivity index (χ2n) is 5.03. The van der Waals surface area contributed by atoms with Gasteiger partial charge in [-0.1, -0.05) is 6.07 Å². The average molecular weight is 285 g/mol. The molecule has 0 bridgehead atoms. The minimum atomic E-state index is 0.533. The highest BCUT2D eigenvalue weighted by atomic mass is 16.5. The Bertz CT molecular complexity index is 745. The molecule has 0 atom stereocenters. The number of ether oxygens (including phenoxy) is 1. The molecule has 3 heterocycles. The number of morpholine rings is 1. The second kappa shape index (κ2) is 5.27. The summed E-state index contributed by atoms with van der Waals surface area (Å²) in [6, 6.07) is 5.88. The summed E-state index contributed by atoms with van der Waals surface area (Å²) in [6.07, 6.45) is 1.77. The van der Waals surface area contributed by atoms with Gasteiger partial charge in [-0.25, -0.2) is 0 Å². The summed E-state index contributed by atoms with van der Waals surface area (Å²) < 4.78 is 11.1. The number of H-pyrrole nitrogens is 1. The zero-order valence-corrected chi connectivity index (χ0v) is 11.5. The van der Waals surface area contributed by atoms with Crippen LogP contribution in [-0.2, 0) is 11.3 Å². The Morgan fingerprint density at radius 1 is 1.19 bits per heavy atom. The van der Waals surface area contributed by atoms with Gasteiger partial charge in [0.15, 0.2) is 0 Å². The van der Waals surface area contributed by atoms with Crippen LogP contribution in [0.15, 0.2) is 28.8 Å². The van der Waals surface area contributed by atoms with Gasteiger partial charge >= 0.3 is 0 Å². The van der Waals surface area contributed by atoms with Crippen LogP contribution in [0.4, 0.5) is 0 Å². The molecule has 1 aliphatic rings. The van der Waals surface area contributed by atoms with Gasteiger partial charge in [0, 0.05) is 24.0 Å². The first kappa shape index (κ1) is 12.5. The Kier molecular flexibility index (Phi) is 3.13. The number of nitrogens with one attached hydrogen (secondary N) is 1. The highest BCUT2D eigenvalue weighted by Gasteiger charge is 2.16. The molecule has 1 fully saturated rings. The van der Waals surface area contributed by atoms with Crippen LogP contribution in [0.5, 0.6) is 0 Å². The number of hydrogen-bond donors (Lipinski definition) is 1. The third-order valence-corrected chi connectivity index (χ3v) is 3.64. The maximum atomic E-state index is 5.80. The number of rotatable bonds is 3. The molecular formula is C14H15N5O2. The largest absolute Gasteiger partial charge is 0.419 e. The third kappa shape index (κ3) is 2.41. The number of benzene rings is 1. The van der Waals surface area contributed by atoms with Crippen LogP contribution in [0.2, 0.25) is 0 Å². The van der Waals surface area contributed by atoms with Crippen molar-refractivity contribution in [3.8, 4) is 11.5 Å². The molecular weight excluding hydrogens is 270 g/mol. The van der Waals surface area contributed by atoms with E-state index in [4.69, 9.17) is 9.15 Å². The van der Waals surface area contributed by atoms with Crippen LogP contribution in [-0.4, -0.2) is 51.6 Å². The molecule has 1 aliphatic heterocycles. The lowest BCUT2D eigenvalue weighted by Crippen LogP contribution is -2.35. The third-order valence-electron chi connectivity index (χ3n) is 3.64. The highest BCUT2D eigenvalue weighted by Crippen LogP contribution is 2.26. The van der Waals surface area contributed by atoms with E-state index in [9.17, 15) is 0 Å². The van der Waals surface area contributed by atoms with E-state index in [1.807, 2.05) is 18.2 Å². The predicted molar refractivity (Wildman–Crippen MR) is 75.5 cm³/mol. The number of aromatic amines is 1. The molecule has 0 unspecified atom stereocenters. The van der Waals surface area contributed by atoms with Crippen molar-refractivity contribution in [3.05, 3.63) is 30.3 Å². The van der Waals surface area contributed by atoms with Crippen LogP contribution in [0.1, 0.15) is 5.89 Å². The van der Waals surface area contributed by atoms with Crippen LogP contribution in [0.25, 0.3) is 22.4 Å². The molecule has 4 rings (SSSR count). The fourth-order valence-electron chi connectivity index (χ4n) is 2.53.